The summed E-state index contributed by atoms with van der Waals surface area (Å²) in [4.78, 5) is 17.5. The number of carboxylic acid groups (broad SMARTS) is 1. The largest absolute Gasteiger partial charge is 0.497 e. The van der Waals surface area contributed by atoms with Crippen molar-refractivity contribution in [2.75, 3.05) is 14.2 Å². The number of hydrogen-bond acceptors (Lipinski definition) is 4. The van der Waals surface area contributed by atoms with Crippen LogP contribution < -0.4 is 9.47 Å². The fourth-order valence-corrected chi connectivity index (χ4v) is 1.56. The summed E-state index contributed by atoms with van der Waals surface area (Å²) >= 11 is 0. The summed E-state index contributed by atoms with van der Waals surface area (Å²) in [5.74, 6) is 0.592. The first kappa shape index (κ1) is 12.0. The Morgan fingerprint density at radius 1 is 1.33 bits per heavy atom. The average Bonchev–Trinajstić information content (AvgIpc) is 2.87. The number of benzene rings is 1. The molecule has 0 unspecified atom stereocenters. The molecule has 0 aliphatic rings. The number of carbonyl (C=O) groups is 1. The molecule has 0 spiro atoms. The van der Waals surface area contributed by atoms with E-state index < -0.39 is 5.97 Å². The first-order chi connectivity index (χ1) is 8.65. The lowest BCUT2D eigenvalue weighted by Crippen LogP contribution is -1.96. The Kier molecular flexibility index (Phi) is 3.18. The molecule has 0 saturated heterocycles. The monoisotopic (exact) mass is 248 g/mol. The summed E-state index contributed by atoms with van der Waals surface area (Å²) in [5, 5.41) is 8.83. The Bertz CT molecular complexity index is 577. The van der Waals surface area contributed by atoms with E-state index in [0.29, 0.717) is 22.9 Å². The lowest BCUT2D eigenvalue weighted by molar-refractivity contribution is 0.0691. The van der Waals surface area contributed by atoms with Gasteiger partial charge in [0.05, 0.1) is 26.0 Å². The van der Waals surface area contributed by atoms with Gasteiger partial charge in [-0.05, 0) is 12.1 Å². The number of nitrogens with one attached hydrogen (secondary N) is 1. The zero-order chi connectivity index (χ0) is 13.1. The van der Waals surface area contributed by atoms with Gasteiger partial charge in [0.25, 0.3) is 0 Å². The molecular formula is C12H12N2O4. The van der Waals surface area contributed by atoms with Crippen LogP contribution in [0.5, 0.6) is 11.5 Å². The standard InChI is InChI=1S/C12H12N2O4/c1-17-7-3-4-8(10(5-7)18-2)11-13-6-9(14-11)12(15)16/h3-6H,1-2H3,(H,13,14)(H,15,16). The fourth-order valence-electron chi connectivity index (χ4n) is 1.56. The smallest absolute Gasteiger partial charge is 0.353 e. The number of nitrogens with zero attached hydrogens (tertiary/aromatic N) is 1. The number of aromatic carboxylic acids is 1. The first-order valence-corrected chi connectivity index (χ1v) is 5.16. The van der Waals surface area contributed by atoms with Gasteiger partial charge in [-0.15, -0.1) is 0 Å². The third kappa shape index (κ3) is 2.13. The van der Waals surface area contributed by atoms with Gasteiger partial charge in [0, 0.05) is 6.07 Å². The molecule has 0 aliphatic heterocycles. The van der Waals surface area contributed by atoms with E-state index in [9.17, 15) is 4.79 Å². The maximum absolute atomic E-state index is 10.8. The van der Waals surface area contributed by atoms with Crippen LogP contribution in [0.4, 0.5) is 0 Å². The minimum atomic E-state index is -1.05. The summed E-state index contributed by atoms with van der Waals surface area (Å²) in [6, 6.07) is 5.21. The number of imidazole rings is 1. The van der Waals surface area contributed by atoms with Crippen LogP contribution >= 0.6 is 0 Å². The van der Waals surface area contributed by atoms with Crippen molar-refractivity contribution < 1.29 is 19.4 Å². The van der Waals surface area contributed by atoms with Crippen LogP contribution in [0.1, 0.15) is 10.5 Å². The number of H-pyrrole nitrogens is 1. The van der Waals surface area contributed by atoms with Gasteiger partial charge in [-0.2, -0.15) is 0 Å². The Morgan fingerprint density at radius 3 is 2.67 bits per heavy atom. The molecule has 6 nitrogen and oxygen atoms in total. The third-order valence-electron chi connectivity index (χ3n) is 2.47. The van der Waals surface area contributed by atoms with Crippen molar-refractivity contribution in [2.45, 2.75) is 0 Å². The maximum atomic E-state index is 10.8. The highest BCUT2D eigenvalue weighted by atomic mass is 16.5. The number of methoxy groups -OCH3 is 2. The number of carboxylic acids is 1. The van der Waals surface area contributed by atoms with Gasteiger partial charge < -0.3 is 19.6 Å². The highest BCUT2D eigenvalue weighted by Gasteiger charge is 2.13. The summed E-state index contributed by atoms with van der Waals surface area (Å²) in [7, 11) is 3.09. The molecule has 18 heavy (non-hydrogen) atoms. The second-order valence-electron chi connectivity index (χ2n) is 3.52. The van der Waals surface area contributed by atoms with Crippen LogP contribution in [-0.4, -0.2) is 35.3 Å². The van der Waals surface area contributed by atoms with E-state index >= 15 is 0 Å². The van der Waals surface area contributed by atoms with Crippen LogP contribution in [0.2, 0.25) is 0 Å². The summed E-state index contributed by atoms with van der Waals surface area (Å²) in [5.41, 5.74) is 0.702. The van der Waals surface area contributed by atoms with E-state index in [-0.39, 0.29) is 5.69 Å². The van der Waals surface area contributed by atoms with E-state index in [2.05, 4.69) is 9.97 Å². The maximum Gasteiger partial charge on any atom is 0.353 e. The van der Waals surface area contributed by atoms with Crippen molar-refractivity contribution in [1.29, 1.82) is 0 Å². The molecule has 1 aromatic carbocycles. The Labute approximate surface area is 103 Å². The summed E-state index contributed by atoms with van der Waals surface area (Å²) in [6.45, 7) is 0. The van der Waals surface area contributed by atoms with Crippen LogP contribution in [0.3, 0.4) is 0 Å². The Balaban J connectivity index is 2.45. The van der Waals surface area contributed by atoms with Crippen LogP contribution in [0.15, 0.2) is 24.4 Å². The van der Waals surface area contributed by atoms with Crippen LogP contribution in [0, 0.1) is 0 Å². The van der Waals surface area contributed by atoms with Gasteiger partial charge in [-0.25, -0.2) is 9.78 Å². The molecular weight excluding hydrogens is 236 g/mol. The van der Waals surface area contributed by atoms with E-state index in [1.54, 1.807) is 25.3 Å². The highest BCUT2D eigenvalue weighted by Crippen LogP contribution is 2.31. The first-order valence-electron chi connectivity index (χ1n) is 5.16. The molecule has 0 atom stereocenters. The SMILES string of the molecule is COc1ccc(-c2ncc(C(=O)O)[nH]2)c(OC)c1. The van der Waals surface area contributed by atoms with Crippen molar-refractivity contribution >= 4 is 5.97 Å². The van der Waals surface area contributed by atoms with Gasteiger partial charge >= 0.3 is 5.97 Å². The van der Waals surface area contributed by atoms with Gasteiger partial charge in [0.1, 0.15) is 23.0 Å². The topological polar surface area (TPSA) is 84.4 Å². The predicted molar refractivity (Wildman–Crippen MR) is 64.1 cm³/mol. The molecule has 2 aromatic rings. The highest BCUT2D eigenvalue weighted by molar-refractivity contribution is 5.86. The lowest BCUT2D eigenvalue weighted by atomic mass is 10.2. The molecule has 1 heterocycles. The third-order valence-corrected chi connectivity index (χ3v) is 2.47. The number of rotatable bonds is 4. The van der Waals surface area contributed by atoms with Gasteiger partial charge in [0.15, 0.2) is 0 Å². The van der Waals surface area contributed by atoms with Crippen LogP contribution in [0.25, 0.3) is 11.4 Å². The van der Waals surface area contributed by atoms with Crippen molar-refractivity contribution in [3.8, 4) is 22.9 Å². The van der Waals surface area contributed by atoms with E-state index in [1.807, 2.05) is 0 Å². The fraction of sp³-hybridized carbons (Fsp3) is 0.167. The molecule has 2 N–H and O–H groups in total. The lowest BCUT2D eigenvalue weighted by Gasteiger charge is -2.08. The van der Waals surface area contributed by atoms with E-state index in [1.165, 1.54) is 13.3 Å². The minimum Gasteiger partial charge on any atom is -0.497 e. The predicted octanol–water partition coefficient (Wildman–Crippen LogP) is 1.79. The molecule has 0 saturated carbocycles. The number of ether oxygens (including phenoxy) is 2. The molecule has 2 rings (SSSR count). The number of hydrogen-bond donors (Lipinski definition) is 2. The zero-order valence-corrected chi connectivity index (χ0v) is 9.93. The van der Waals surface area contributed by atoms with E-state index in [4.69, 9.17) is 14.6 Å². The van der Waals surface area contributed by atoms with Crippen LogP contribution in [-0.2, 0) is 0 Å². The molecule has 0 fully saturated rings. The molecule has 0 bridgehead atoms. The molecule has 0 radical (unpaired) electrons. The van der Waals surface area contributed by atoms with Gasteiger partial charge in [0.2, 0.25) is 0 Å². The van der Waals surface area contributed by atoms with Crippen molar-refractivity contribution in [3.05, 3.63) is 30.1 Å². The second kappa shape index (κ2) is 4.79. The van der Waals surface area contributed by atoms with Gasteiger partial charge in [-0.3, -0.25) is 0 Å². The van der Waals surface area contributed by atoms with E-state index in [0.717, 1.165) is 0 Å². The minimum absolute atomic E-state index is 0.0304. The van der Waals surface area contributed by atoms with Crippen molar-refractivity contribution in [3.63, 3.8) is 0 Å². The Morgan fingerprint density at radius 2 is 2.11 bits per heavy atom. The number of aromatic amines is 1. The zero-order valence-electron chi connectivity index (χ0n) is 9.93. The molecule has 0 amide bonds. The van der Waals surface area contributed by atoms with Gasteiger partial charge in [-0.1, -0.05) is 0 Å². The quantitative estimate of drug-likeness (QED) is 0.861. The molecule has 0 aliphatic carbocycles. The summed E-state index contributed by atoms with van der Waals surface area (Å²) in [6.07, 6.45) is 1.27. The van der Waals surface area contributed by atoms with Crippen molar-refractivity contribution in [1.82, 2.24) is 9.97 Å². The Hall–Kier alpha value is -2.50. The average molecular weight is 248 g/mol. The molecule has 6 heteroatoms. The second-order valence-corrected chi connectivity index (χ2v) is 3.52. The normalized spacial score (nSPS) is 10.1. The number of aromatic nitrogens is 2. The molecule has 94 valence electrons. The summed E-state index contributed by atoms with van der Waals surface area (Å²) < 4.78 is 10.3. The van der Waals surface area contributed by atoms with Crippen molar-refractivity contribution in [2.24, 2.45) is 0 Å². The molecule has 1 aromatic heterocycles.